The van der Waals surface area contributed by atoms with Crippen molar-refractivity contribution in [3.8, 4) is 11.3 Å². The van der Waals surface area contributed by atoms with Gasteiger partial charge in [-0.1, -0.05) is 24.3 Å². The fraction of sp³-hybridized carbons (Fsp3) is 0.571. The number of nitrogens with zero attached hydrogens (tertiary/aromatic N) is 4. The van der Waals surface area contributed by atoms with Crippen LogP contribution in [-0.2, 0) is 9.53 Å². The Hall–Kier alpha value is -1.93. The van der Waals surface area contributed by atoms with E-state index in [2.05, 4.69) is 17.2 Å². The van der Waals surface area contributed by atoms with Crippen molar-refractivity contribution in [1.29, 1.82) is 0 Å². The Morgan fingerprint density at radius 1 is 1.28 bits per heavy atom. The highest BCUT2D eigenvalue weighted by Gasteiger charge is 2.44. The summed E-state index contributed by atoms with van der Waals surface area (Å²) in [6.45, 7) is 3.69. The predicted octanol–water partition coefficient (Wildman–Crippen LogP) is 3.26. The fourth-order valence-electron chi connectivity index (χ4n) is 4.64. The summed E-state index contributed by atoms with van der Waals surface area (Å²) in [7, 11) is 1.72. The lowest BCUT2D eigenvalue weighted by Crippen LogP contribution is -2.37. The van der Waals surface area contributed by atoms with Gasteiger partial charge in [-0.15, -0.1) is 5.10 Å². The number of hydrogen-bond donors (Lipinski definition) is 0. The number of likely N-dealkylation sites (tertiary alicyclic amines) is 1. The lowest BCUT2D eigenvalue weighted by molar-refractivity contribution is -0.127. The predicted molar refractivity (Wildman–Crippen MR) is 111 cm³/mol. The molecule has 8 heteroatoms. The van der Waals surface area contributed by atoms with Crippen molar-refractivity contribution in [2.24, 2.45) is 11.8 Å². The van der Waals surface area contributed by atoms with Crippen LogP contribution in [0.4, 0.5) is 4.39 Å². The van der Waals surface area contributed by atoms with E-state index in [-0.39, 0.29) is 23.9 Å². The second-order valence-electron chi connectivity index (χ2n) is 7.83. The first-order chi connectivity index (χ1) is 14.1. The third-order valence-electron chi connectivity index (χ3n) is 6.17. The molecule has 1 saturated carbocycles. The van der Waals surface area contributed by atoms with E-state index >= 15 is 0 Å². The van der Waals surface area contributed by atoms with Crippen molar-refractivity contribution >= 4 is 17.7 Å². The summed E-state index contributed by atoms with van der Waals surface area (Å²) in [6.07, 6.45) is 3.59. The van der Waals surface area contributed by atoms with Crippen LogP contribution in [0.3, 0.4) is 0 Å². The van der Waals surface area contributed by atoms with E-state index in [4.69, 9.17) is 4.74 Å². The number of ether oxygens (including phenoxy) is 1. The zero-order chi connectivity index (χ0) is 20.4. The summed E-state index contributed by atoms with van der Waals surface area (Å²) in [5, 5.41) is 8.50. The molecule has 1 aromatic heterocycles. The first-order valence-corrected chi connectivity index (χ1v) is 11.3. The molecule has 1 aliphatic heterocycles. The fourth-order valence-corrected chi connectivity index (χ4v) is 5.20. The minimum absolute atomic E-state index is 0.00601. The van der Waals surface area contributed by atoms with Crippen LogP contribution < -0.4 is 0 Å². The van der Waals surface area contributed by atoms with E-state index in [0.29, 0.717) is 28.8 Å². The number of thioether (sulfide) groups is 1. The van der Waals surface area contributed by atoms with Crippen LogP contribution in [0.1, 0.15) is 25.8 Å². The minimum atomic E-state index is -0.304. The molecule has 1 aromatic carbocycles. The van der Waals surface area contributed by atoms with Gasteiger partial charge in [-0.25, -0.2) is 9.07 Å². The minimum Gasteiger partial charge on any atom is -0.379 e. The number of benzene rings is 1. The van der Waals surface area contributed by atoms with Crippen LogP contribution in [0, 0.1) is 17.7 Å². The first-order valence-electron chi connectivity index (χ1n) is 10.2. The van der Waals surface area contributed by atoms with Crippen molar-refractivity contribution < 1.29 is 13.9 Å². The molecular formula is C21H27FN4O2S. The Balaban J connectivity index is 1.49. The average Bonchev–Trinajstić information content (AvgIpc) is 3.38. The van der Waals surface area contributed by atoms with Crippen LogP contribution in [0.15, 0.2) is 30.5 Å². The van der Waals surface area contributed by atoms with Gasteiger partial charge in [-0.2, -0.15) is 11.8 Å². The van der Waals surface area contributed by atoms with Gasteiger partial charge in [0.05, 0.1) is 24.1 Å². The number of fused-ring (bicyclic) bond motifs is 1. The number of amides is 1. The van der Waals surface area contributed by atoms with Crippen LogP contribution in [0.5, 0.6) is 0 Å². The lowest BCUT2D eigenvalue weighted by Gasteiger charge is -2.36. The molecule has 0 bridgehead atoms. The molecule has 1 aliphatic carbocycles. The van der Waals surface area contributed by atoms with E-state index < -0.39 is 0 Å². The second kappa shape index (κ2) is 8.83. The van der Waals surface area contributed by atoms with Gasteiger partial charge in [0.25, 0.3) is 0 Å². The van der Waals surface area contributed by atoms with Gasteiger partial charge in [0.1, 0.15) is 11.5 Å². The number of halogens is 1. The van der Waals surface area contributed by atoms with E-state index in [9.17, 15) is 9.18 Å². The zero-order valence-corrected chi connectivity index (χ0v) is 17.6. The summed E-state index contributed by atoms with van der Waals surface area (Å²) < 4.78 is 21.7. The largest absolute Gasteiger partial charge is 0.379 e. The SMILES string of the molecule is CCSCC(=O)N1C[C@H]2C[C@@H](n3cc(-c4ccccc4F)nn3)[C@H](OC)C[C@H]2C1. The molecule has 0 radical (unpaired) electrons. The molecule has 6 nitrogen and oxygen atoms in total. The quantitative estimate of drug-likeness (QED) is 0.721. The first kappa shape index (κ1) is 20.3. The molecule has 2 fully saturated rings. The molecule has 4 atom stereocenters. The van der Waals surface area contributed by atoms with Gasteiger partial charge in [-0.05, 0) is 42.6 Å². The van der Waals surface area contributed by atoms with Crippen LogP contribution >= 0.6 is 11.8 Å². The number of hydrogen-bond acceptors (Lipinski definition) is 5. The monoisotopic (exact) mass is 418 g/mol. The van der Waals surface area contributed by atoms with E-state index in [1.54, 1.807) is 37.1 Å². The number of carbonyl (C=O) groups excluding carboxylic acids is 1. The summed E-state index contributed by atoms with van der Waals surface area (Å²) in [4.78, 5) is 14.5. The van der Waals surface area contributed by atoms with Crippen LogP contribution in [0.25, 0.3) is 11.3 Å². The summed E-state index contributed by atoms with van der Waals surface area (Å²) in [5.41, 5.74) is 0.979. The number of carbonyl (C=O) groups is 1. The Morgan fingerprint density at radius 2 is 2.03 bits per heavy atom. The summed E-state index contributed by atoms with van der Waals surface area (Å²) >= 11 is 1.67. The van der Waals surface area contributed by atoms with Crippen molar-refractivity contribution in [3.63, 3.8) is 0 Å². The van der Waals surface area contributed by atoms with Gasteiger partial charge >= 0.3 is 0 Å². The maximum Gasteiger partial charge on any atom is 0.232 e. The Labute approximate surface area is 174 Å². The van der Waals surface area contributed by atoms with Crippen molar-refractivity contribution in [2.45, 2.75) is 31.9 Å². The molecule has 0 spiro atoms. The molecule has 156 valence electrons. The molecule has 2 aromatic rings. The van der Waals surface area contributed by atoms with E-state index in [1.807, 2.05) is 15.8 Å². The number of rotatable bonds is 6. The molecule has 1 saturated heterocycles. The Kier molecular flexibility index (Phi) is 6.20. The summed E-state index contributed by atoms with van der Waals surface area (Å²) in [6, 6.07) is 6.63. The van der Waals surface area contributed by atoms with Gasteiger partial charge in [0.15, 0.2) is 0 Å². The van der Waals surface area contributed by atoms with E-state index in [0.717, 1.165) is 31.7 Å². The Bertz CT molecular complexity index is 861. The maximum absolute atomic E-state index is 14.1. The molecule has 2 heterocycles. The standard InChI is InChI=1S/C21H27FN4O2S/c1-3-29-13-21(27)25-10-14-8-19(20(28-2)9-15(14)11-25)26-12-18(23-24-26)16-6-4-5-7-17(16)22/h4-7,12,14-15,19-20H,3,8-11,13H2,1-2H3/t14-,15+,19-,20-/m1/s1. The average molecular weight is 419 g/mol. The number of methoxy groups -OCH3 is 1. The highest BCUT2D eigenvalue weighted by atomic mass is 32.2. The second-order valence-corrected chi connectivity index (χ2v) is 9.11. The molecule has 29 heavy (non-hydrogen) atoms. The highest BCUT2D eigenvalue weighted by molar-refractivity contribution is 7.99. The molecule has 0 unspecified atom stereocenters. The molecule has 1 amide bonds. The lowest BCUT2D eigenvalue weighted by atomic mass is 9.77. The topological polar surface area (TPSA) is 60.2 Å². The summed E-state index contributed by atoms with van der Waals surface area (Å²) in [5.74, 6) is 2.34. The molecule has 2 aliphatic rings. The Morgan fingerprint density at radius 3 is 2.76 bits per heavy atom. The van der Waals surface area contributed by atoms with E-state index in [1.165, 1.54) is 6.07 Å². The normalized spacial score (nSPS) is 26.5. The molecule has 4 rings (SSSR count). The smallest absolute Gasteiger partial charge is 0.232 e. The maximum atomic E-state index is 14.1. The number of aromatic nitrogens is 3. The van der Waals surface area contributed by atoms with Gasteiger partial charge in [0.2, 0.25) is 5.91 Å². The van der Waals surface area contributed by atoms with Gasteiger partial charge in [0, 0.05) is 25.8 Å². The van der Waals surface area contributed by atoms with Crippen LogP contribution in [-0.4, -0.2) is 63.6 Å². The van der Waals surface area contributed by atoms with Crippen molar-refractivity contribution in [1.82, 2.24) is 19.9 Å². The van der Waals surface area contributed by atoms with Gasteiger partial charge in [-0.3, -0.25) is 4.79 Å². The van der Waals surface area contributed by atoms with Gasteiger partial charge < -0.3 is 9.64 Å². The van der Waals surface area contributed by atoms with Crippen molar-refractivity contribution in [3.05, 3.63) is 36.3 Å². The van der Waals surface area contributed by atoms with Crippen LogP contribution in [0.2, 0.25) is 0 Å². The molecule has 0 N–H and O–H groups in total. The molecular weight excluding hydrogens is 391 g/mol. The highest BCUT2D eigenvalue weighted by Crippen LogP contribution is 2.42. The third kappa shape index (κ3) is 4.19. The van der Waals surface area contributed by atoms with Crippen molar-refractivity contribution in [2.75, 3.05) is 31.7 Å². The zero-order valence-electron chi connectivity index (χ0n) is 16.8. The third-order valence-corrected chi connectivity index (χ3v) is 7.03.